The highest BCUT2D eigenvalue weighted by Crippen LogP contribution is 1.91. The Balaban J connectivity index is 3.75. The number of thiol groups is 1. The van der Waals surface area contributed by atoms with Crippen molar-refractivity contribution in [3.05, 3.63) is 0 Å². The van der Waals surface area contributed by atoms with Gasteiger partial charge in [-0.15, -0.1) is 0 Å². The average Bonchev–Trinajstić information content (AvgIpc) is 2.39. The molecule has 0 aromatic heterocycles. The number of hydrogen-bond donors (Lipinski definition) is 4. The molecule has 0 atom stereocenters. The molecule has 3 N–H and O–H groups in total. The molecule has 0 radical (unpaired) electrons. The molecule has 8 heteroatoms. The molecule has 0 unspecified atom stereocenters. The van der Waals surface area contributed by atoms with Crippen LogP contribution in [0.15, 0.2) is 0 Å². The zero-order valence-electron chi connectivity index (χ0n) is 11.0. The second-order valence-electron chi connectivity index (χ2n) is 4.11. The minimum absolute atomic E-state index is 0.00885. The van der Waals surface area contributed by atoms with Gasteiger partial charge < -0.3 is 16.0 Å². The van der Waals surface area contributed by atoms with E-state index in [1.165, 1.54) is 0 Å². The van der Waals surface area contributed by atoms with E-state index in [9.17, 15) is 19.2 Å². The van der Waals surface area contributed by atoms with Crippen LogP contribution in [0.3, 0.4) is 0 Å². The summed E-state index contributed by atoms with van der Waals surface area (Å²) in [7, 11) is 0. The van der Waals surface area contributed by atoms with Crippen molar-refractivity contribution in [2.75, 3.05) is 25.4 Å². The van der Waals surface area contributed by atoms with E-state index in [2.05, 4.69) is 28.6 Å². The first-order valence-corrected chi connectivity index (χ1v) is 6.43. The Hall–Kier alpha value is -1.57. The summed E-state index contributed by atoms with van der Waals surface area (Å²) in [6.45, 7) is 2.97. The quantitative estimate of drug-likeness (QED) is 0.408. The van der Waals surface area contributed by atoms with Gasteiger partial charge in [-0.25, -0.2) is 0 Å². The maximum Gasteiger partial charge on any atom is 0.239 e. The zero-order chi connectivity index (χ0) is 14.8. The molecule has 0 aliphatic rings. The Morgan fingerprint density at radius 3 is 1.68 bits per heavy atom. The molecule has 3 amide bonds. The molecule has 0 aliphatic carbocycles. The summed E-state index contributed by atoms with van der Waals surface area (Å²) < 4.78 is 0. The van der Waals surface area contributed by atoms with Crippen molar-refractivity contribution < 1.29 is 19.2 Å². The third-order valence-corrected chi connectivity index (χ3v) is 2.43. The van der Waals surface area contributed by atoms with E-state index < -0.39 is 11.8 Å². The highest BCUT2D eigenvalue weighted by Gasteiger charge is 2.10. The van der Waals surface area contributed by atoms with Crippen molar-refractivity contribution in [3.8, 4) is 0 Å². The van der Waals surface area contributed by atoms with Crippen LogP contribution < -0.4 is 16.0 Å². The van der Waals surface area contributed by atoms with Crippen LogP contribution in [0.25, 0.3) is 0 Å². The van der Waals surface area contributed by atoms with Crippen LogP contribution in [0, 0.1) is 5.92 Å². The molecule has 19 heavy (non-hydrogen) atoms. The highest BCUT2D eigenvalue weighted by atomic mass is 32.1. The fraction of sp³-hybridized carbons (Fsp3) is 0.636. The molecule has 0 aliphatic heterocycles. The predicted octanol–water partition coefficient (Wildman–Crippen LogP) is -1.51. The van der Waals surface area contributed by atoms with Crippen LogP contribution in [0.4, 0.5) is 0 Å². The fourth-order valence-electron chi connectivity index (χ4n) is 0.928. The summed E-state index contributed by atoms with van der Waals surface area (Å²) >= 11 is 3.73. The van der Waals surface area contributed by atoms with Crippen LogP contribution in [0.5, 0.6) is 0 Å². The van der Waals surface area contributed by atoms with E-state index in [0.29, 0.717) is 0 Å². The molecule has 0 fully saturated rings. The van der Waals surface area contributed by atoms with Gasteiger partial charge >= 0.3 is 0 Å². The van der Waals surface area contributed by atoms with Gasteiger partial charge in [-0.3, -0.25) is 19.2 Å². The van der Waals surface area contributed by atoms with Crippen LogP contribution in [0.2, 0.25) is 0 Å². The fourth-order valence-corrected chi connectivity index (χ4v) is 1.04. The molecular weight excluding hydrogens is 270 g/mol. The SMILES string of the molecule is CC(C)C(=O)CNC(=O)CNC(=O)CNC(=O)CS. The molecule has 0 rings (SSSR count). The summed E-state index contributed by atoms with van der Waals surface area (Å²) in [5.41, 5.74) is 0. The molecule has 0 bridgehead atoms. The van der Waals surface area contributed by atoms with Crippen LogP contribution >= 0.6 is 12.6 Å². The molecule has 0 heterocycles. The zero-order valence-corrected chi connectivity index (χ0v) is 11.9. The van der Waals surface area contributed by atoms with Gasteiger partial charge in [0.15, 0.2) is 5.78 Å². The van der Waals surface area contributed by atoms with Gasteiger partial charge in [0, 0.05) is 5.92 Å². The van der Waals surface area contributed by atoms with E-state index in [-0.39, 0.29) is 43.0 Å². The van der Waals surface area contributed by atoms with Gasteiger partial charge in [-0.2, -0.15) is 12.6 Å². The van der Waals surface area contributed by atoms with E-state index in [0.717, 1.165) is 0 Å². The van der Waals surface area contributed by atoms with E-state index >= 15 is 0 Å². The molecule has 108 valence electrons. The molecule has 0 aromatic rings. The lowest BCUT2D eigenvalue weighted by Crippen LogP contribution is -2.43. The van der Waals surface area contributed by atoms with Crippen LogP contribution in [0.1, 0.15) is 13.8 Å². The van der Waals surface area contributed by atoms with Gasteiger partial charge in [0.1, 0.15) is 0 Å². The third-order valence-electron chi connectivity index (χ3n) is 2.14. The number of rotatable bonds is 8. The normalized spacial score (nSPS) is 9.89. The van der Waals surface area contributed by atoms with Gasteiger partial charge in [-0.1, -0.05) is 13.8 Å². The Morgan fingerprint density at radius 1 is 0.842 bits per heavy atom. The van der Waals surface area contributed by atoms with Gasteiger partial charge in [0.05, 0.1) is 25.4 Å². The molecule has 0 saturated heterocycles. The number of carbonyl (C=O) groups excluding carboxylic acids is 4. The van der Waals surface area contributed by atoms with Crippen LogP contribution in [-0.2, 0) is 19.2 Å². The van der Waals surface area contributed by atoms with E-state index in [4.69, 9.17) is 0 Å². The van der Waals surface area contributed by atoms with Crippen molar-refractivity contribution >= 4 is 36.1 Å². The minimum Gasteiger partial charge on any atom is -0.347 e. The Labute approximate surface area is 117 Å². The van der Waals surface area contributed by atoms with Crippen molar-refractivity contribution in [2.45, 2.75) is 13.8 Å². The molecular formula is C11H19N3O4S. The average molecular weight is 289 g/mol. The standard InChI is InChI=1S/C11H19N3O4S/c1-7(2)8(15)3-12-9(16)4-13-10(17)5-14-11(18)6-19/h7,19H,3-6H2,1-2H3,(H,12,16)(H,13,17)(H,14,18). The maximum atomic E-state index is 11.3. The van der Waals surface area contributed by atoms with Crippen molar-refractivity contribution in [1.82, 2.24) is 16.0 Å². The number of carbonyl (C=O) groups is 4. The molecule has 0 spiro atoms. The molecule has 0 aromatic carbocycles. The Morgan fingerprint density at radius 2 is 1.26 bits per heavy atom. The number of hydrogen-bond acceptors (Lipinski definition) is 5. The second kappa shape index (κ2) is 9.37. The Kier molecular flexibility index (Phi) is 8.60. The van der Waals surface area contributed by atoms with E-state index in [1.807, 2.05) is 0 Å². The summed E-state index contributed by atoms with van der Waals surface area (Å²) in [6.07, 6.45) is 0. The first-order chi connectivity index (χ1) is 8.86. The van der Waals surface area contributed by atoms with E-state index in [1.54, 1.807) is 13.8 Å². The summed E-state index contributed by atoms with van der Waals surface area (Å²) in [5, 5.41) is 7.01. The number of Topliss-reactive ketones (excluding diaryl/α,β-unsaturated/α-hetero) is 1. The molecule has 0 saturated carbocycles. The lowest BCUT2D eigenvalue weighted by Gasteiger charge is -2.08. The Bertz CT molecular complexity index is 358. The monoisotopic (exact) mass is 289 g/mol. The highest BCUT2D eigenvalue weighted by molar-refractivity contribution is 7.81. The van der Waals surface area contributed by atoms with Gasteiger partial charge in [-0.05, 0) is 0 Å². The van der Waals surface area contributed by atoms with Crippen LogP contribution in [-0.4, -0.2) is 48.9 Å². The first-order valence-electron chi connectivity index (χ1n) is 5.80. The summed E-state index contributed by atoms with van der Waals surface area (Å²) in [4.78, 5) is 44.6. The first kappa shape index (κ1) is 17.4. The number of amides is 3. The topological polar surface area (TPSA) is 104 Å². The summed E-state index contributed by atoms with van der Waals surface area (Å²) in [5.74, 6) is -1.55. The van der Waals surface area contributed by atoms with Crippen molar-refractivity contribution in [3.63, 3.8) is 0 Å². The second-order valence-corrected chi connectivity index (χ2v) is 4.43. The largest absolute Gasteiger partial charge is 0.347 e. The summed E-state index contributed by atoms with van der Waals surface area (Å²) in [6, 6.07) is 0. The predicted molar refractivity (Wildman–Crippen MR) is 72.7 cm³/mol. The van der Waals surface area contributed by atoms with Crippen molar-refractivity contribution in [1.29, 1.82) is 0 Å². The lowest BCUT2D eigenvalue weighted by molar-refractivity contribution is -0.128. The maximum absolute atomic E-state index is 11.3. The third kappa shape index (κ3) is 9.06. The lowest BCUT2D eigenvalue weighted by atomic mass is 10.1. The van der Waals surface area contributed by atoms with Gasteiger partial charge in [0.2, 0.25) is 17.7 Å². The van der Waals surface area contributed by atoms with Crippen molar-refractivity contribution in [2.24, 2.45) is 5.92 Å². The number of ketones is 1. The van der Waals surface area contributed by atoms with Gasteiger partial charge in [0.25, 0.3) is 0 Å². The smallest absolute Gasteiger partial charge is 0.239 e. The molecule has 7 nitrogen and oxygen atoms in total. The number of nitrogens with one attached hydrogen (secondary N) is 3. The minimum atomic E-state index is -0.486.